The maximum Gasteiger partial charge on any atom is 0.337 e. The van der Waals surface area contributed by atoms with Crippen molar-refractivity contribution in [3.05, 3.63) is 59.3 Å². The first kappa shape index (κ1) is 20.5. The van der Waals surface area contributed by atoms with E-state index in [0.717, 1.165) is 12.1 Å². The second-order valence-electron chi connectivity index (χ2n) is 7.13. The lowest BCUT2D eigenvalue weighted by Crippen LogP contribution is -2.31. The van der Waals surface area contributed by atoms with Gasteiger partial charge in [-0.05, 0) is 42.3 Å². The van der Waals surface area contributed by atoms with Crippen LogP contribution >= 0.6 is 0 Å². The van der Waals surface area contributed by atoms with Crippen LogP contribution in [0.3, 0.4) is 0 Å². The van der Waals surface area contributed by atoms with E-state index < -0.39 is 5.97 Å². The third-order valence-corrected chi connectivity index (χ3v) is 5.18. The van der Waals surface area contributed by atoms with Gasteiger partial charge in [0.2, 0.25) is 0 Å². The lowest BCUT2D eigenvalue weighted by atomic mass is 10.2. The van der Waals surface area contributed by atoms with E-state index in [-0.39, 0.29) is 36.9 Å². The SMILES string of the molecule is CCc1ccc(-n2nc3ccc(NC4=C(C(=O)OC)CN(CCO)C4=O)cc3n2)cc1. The number of fused-ring (bicyclic) bond motifs is 1. The number of esters is 1. The number of rotatable bonds is 7. The number of methoxy groups -OCH3 is 1. The monoisotopic (exact) mass is 421 g/mol. The summed E-state index contributed by atoms with van der Waals surface area (Å²) in [5.41, 5.74) is 4.39. The molecule has 0 aliphatic carbocycles. The van der Waals surface area contributed by atoms with Crippen LogP contribution in [0, 0.1) is 0 Å². The van der Waals surface area contributed by atoms with Crippen molar-refractivity contribution in [3.63, 3.8) is 0 Å². The minimum absolute atomic E-state index is 0.0839. The second kappa shape index (κ2) is 8.57. The molecule has 0 fully saturated rings. The summed E-state index contributed by atoms with van der Waals surface area (Å²) in [4.78, 5) is 27.8. The molecule has 9 heteroatoms. The van der Waals surface area contributed by atoms with Crippen LogP contribution in [0.15, 0.2) is 53.7 Å². The zero-order valence-electron chi connectivity index (χ0n) is 17.3. The molecule has 0 saturated carbocycles. The summed E-state index contributed by atoms with van der Waals surface area (Å²) < 4.78 is 4.81. The van der Waals surface area contributed by atoms with Crippen molar-refractivity contribution in [2.75, 3.05) is 32.1 Å². The molecule has 0 spiro atoms. The average molecular weight is 421 g/mol. The Bertz CT molecular complexity index is 1170. The molecule has 1 aliphatic heterocycles. The van der Waals surface area contributed by atoms with Gasteiger partial charge in [-0.1, -0.05) is 19.1 Å². The first-order chi connectivity index (χ1) is 15.0. The van der Waals surface area contributed by atoms with Gasteiger partial charge in [-0.3, -0.25) is 4.79 Å². The summed E-state index contributed by atoms with van der Waals surface area (Å²) in [7, 11) is 1.27. The van der Waals surface area contributed by atoms with E-state index in [1.165, 1.54) is 17.6 Å². The number of hydrogen-bond donors (Lipinski definition) is 2. The van der Waals surface area contributed by atoms with Gasteiger partial charge in [-0.15, -0.1) is 10.2 Å². The molecular weight excluding hydrogens is 398 g/mol. The second-order valence-corrected chi connectivity index (χ2v) is 7.13. The molecule has 160 valence electrons. The number of nitrogens with one attached hydrogen (secondary N) is 1. The number of aromatic nitrogens is 3. The molecule has 31 heavy (non-hydrogen) atoms. The lowest BCUT2D eigenvalue weighted by Gasteiger charge is -2.14. The fraction of sp³-hybridized carbons (Fsp3) is 0.273. The van der Waals surface area contributed by atoms with Crippen LogP contribution in [-0.2, 0) is 20.7 Å². The van der Waals surface area contributed by atoms with Crippen molar-refractivity contribution >= 4 is 28.6 Å². The first-order valence-electron chi connectivity index (χ1n) is 9.99. The summed E-state index contributed by atoms with van der Waals surface area (Å²) in [5, 5.41) is 21.3. The lowest BCUT2D eigenvalue weighted by molar-refractivity contribution is -0.136. The van der Waals surface area contributed by atoms with Crippen molar-refractivity contribution in [1.29, 1.82) is 0 Å². The number of aryl methyl sites for hydroxylation is 1. The van der Waals surface area contributed by atoms with Crippen molar-refractivity contribution in [2.45, 2.75) is 13.3 Å². The van der Waals surface area contributed by atoms with Gasteiger partial charge in [0.05, 0.1) is 31.5 Å². The molecule has 2 aromatic carbocycles. The van der Waals surface area contributed by atoms with Crippen LogP contribution in [0.2, 0.25) is 0 Å². The topological polar surface area (TPSA) is 110 Å². The van der Waals surface area contributed by atoms with Crippen LogP contribution < -0.4 is 5.32 Å². The van der Waals surface area contributed by atoms with E-state index in [1.807, 2.05) is 24.3 Å². The summed E-state index contributed by atoms with van der Waals surface area (Å²) in [5.74, 6) is -0.951. The van der Waals surface area contributed by atoms with Crippen LogP contribution in [0.1, 0.15) is 12.5 Å². The fourth-order valence-corrected chi connectivity index (χ4v) is 3.47. The highest BCUT2D eigenvalue weighted by atomic mass is 16.5. The van der Waals surface area contributed by atoms with E-state index in [4.69, 9.17) is 4.74 Å². The molecule has 0 bridgehead atoms. The smallest absolute Gasteiger partial charge is 0.337 e. The van der Waals surface area contributed by atoms with Gasteiger partial charge in [-0.25, -0.2) is 4.79 Å². The number of nitrogens with zero attached hydrogens (tertiary/aromatic N) is 4. The molecule has 4 rings (SSSR count). The Balaban J connectivity index is 1.63. The molecule has 3 aromatic rings. The highest BCUT2D eigenvalue weighted by Gasteiger charge is 2.34. The molecule has 1 amide bonds. The number of anilines is 1. The minimum Gasteiger partial charge on any atom is -0.466 e. The molecule has 0 unspecified atom stereocenters. The maximum absolute atomic E-state index is 12.7. The van der Waals surface area contributed by atoms with Crippen LogP contribution in [0.4, 0.5) is 5.69 Å². The normalized spacial score (nSPS) is 13.9. The number of carbonyl (C=O) groups excluding carboxylic acids is 2. The highest BCUT2D eigenvalue weighted by molar-refractivity contribution is 6.08. The fourth-order valence-electron chi connectivity index (χ4n) is 3.47. The van der Waals surface area contributed by atoms with Gasteiger partial charge in [0.15, 0.2) is 0 Å². The number of benzene rings is 2. The van der Waals surface area contributed by atoms with Crippen LogP contribution in [0.5, 0.6) is 0 Å². The Labute approximate surface area is 178 Å². The minimum atomic E-state index is -0.584. The van der Waals surface area contributed by atoms with E-state index in [2.05, 4.69) is 22.4 Å². The van der Waals surface area contributed by atoms with Gasteiger partial charge in [0, 0.05) is 12.2 Å². The predicted molar refractivity (Wildman–Crippen MR) is 115 cm³/mol. The number of carbonyl (C=O) groups is 2. The average Bonchev–Trinajstić information content (AvgIpc) is 3.35. The van der Waals surface area contributed by atoms with Crippen molar-refractivity contribution < 1.29 is 19.4 Å². The van der Waals surface area contributed by atoms with Crippen molar-refractivity contribution in [1.82, 2.24) is 19.9 Å². The number of hydrogen-bond acceptors (Lipinski definition) is 7. The van der Waals surface area contributed by atoms with Gasteiger partial charge >= 0.3 is 5.97 Å². The van der Waals surface area contributed by atoms with Crippen molar-refractivity contribution in [3.8, 4) is 5.69 Å². The number of aliphatic hydroxyl groups excluding tert-OH is 1. The van der Waals surface area contributed by atoms with E-state index >= 15 is 0 Å². The molecule has 0 atom stereocenters. The quantitative estimate of drug-likeness (QED) is 0.558. The van der Waals surface area contributed by atoms with Crippen LogP contribution in [-0.4, -0.2) is 63.7 Å². The molecule has 2 N–H and O–H groups in total. The molecule has 0 radical (unpaired) electrons. The molecule has 9 nitrogen and oxygen atoms in total. The predicted octanol–water partition coefficient (Wildman–Crippen LogP) is 1.66. The Morgan fingerprint density at radius 1 is 1.16 bits per heavy atom. The molecular formula is C22H23N5O4. The van der Waals surface area contributed by atoms with Crippen LogP contribution in [0.25, 0.3) is 16.7 Å². The third kappa shape index (κ3) is 3.99. The van der Waals surface area contributed by atoms with Crippen molar-refractivity contribution in [2.24, 2.45) is 0 Å². The van der Waals surface area contributed by atoms with E-state index in [1.54, 1.807) is 23.0 Å². The Morgan fingerprint density at radius 3 is 2.58 bits per heavy atom. The molecule has 2 heterocycles. The molecule has 0 saturated heterocycles. The summed E-state index contributed by atoms with van der Waals surface area (Å²) in [6.07, 6.45) is 0.960. The highest BCUT2D eigenvalue weighted by Crippen LogP contribution is 2.24. The zero-order chi connectivity index (χ0) is 22.0. The molecule has 1 aliphatic rings. The van der Waals surface area contributed by atoms with E-state index in [0.29, 0.717) is 16.7 Å². The zero-order valence-corrected chi connectivity index (χ0v) is 17.3. The summed E-state index contributed by atoms with van der Waals surface area (Å²) in [6, 6.07) is 13.4. The maximum atomic E-state index is 12.7. The molecule has 1 aromatic heterocycles. The largest absolute Gasteiger partial charge is 0.466 e. The van der Waals surface area contributed by atoms with E-state index in [9.17, 15) is 14.7 Å². The number of aliphatic hydroxyl groups is 1. The Hall–Kier alpha value is -3.72. The number of amides is 1. The van der Waals surface area contributed by atoms with Gasteiger partial charge in [0.25, 0.3) is 5.91 Å². The third-order valence-electron chi connectivity index (χ3n) is 5.18. The Morgan fingerprint density at radius 2 is 1.90 bits per heavy atom. The van der Waals surface area contributed by atoms with Gasteiger partial charge in [0.1, 0.15) is 16.7 Å². The van der Waals surface area contributed by atoms with Gasteiger partial charge in [-0.2, -0.15) is 4.80 Å². The first-order valence-corrected chi connectivity index (χ1v) is 9.99. The number of ether oxygens (including phenoxy) is 1. The summed E-state index contributed by atoms with van der Waals surface area (Å²) in [6.45, 7) is 2.13. The summed E-state index contributed by atoms with van der Waals surface area (Å²) >= 11 is 0. The van der Waals surface area contributed by atoms with Gasteiger partial charge < -0.3 is 20.1 Å². The standard InChI is InChI=1S/C22H23N5O4/c1-3-14-4-7-16(8-5-14)27-24-18-9-6-15(12-19(18)25-27)23-20-17(22(30)31-2)13-26(10-11-28)21(20)29/h4-9,12,23,28H,3,10-11,13H2,1-2H3. The number of β-amino-alcohol motifs (C(OH)–C–C–N with tert-alkyl or cyclic N) is 1. The Kier molecular flexibility index (Phi) is 5.68.